The average Bonchev–Trinajstić information content (AvgIpc) is 3.37. The predicted molar refractivity (Wildman–Crippen MR) is 102 cm³/mol. The van der Waals surface area contributed by atoms with Crippen molar-refractivity contribution in [3.8, 4) is 11.5 Å². The third kappa shape index (κ3) is 4.10. The smallest absolute Gasteiger partial charge is 0.320 e. The van der Waals surface area contributed by atoms with E-state index < -0.39 is 6.29 Å². The van der Waals surface area contributed by atoms with E-state index in [1.165, 1.54) is 0 Å². The van der Waals surface area contributed by atoms with Gasteiger partial charge in [-0.25, -0.2) is 14.8 Å². The molecule has 3 aromatic heterocycles. The van der Waals surface area contributed by atoms with Crippen LogP contribution in [0.25, 0.3) is 22.6 Å². The molecule has 9 heteroatoms. The molecule has 28 heavy (non-hydrogen) atoms. The van der Waals surface area contributed by atoms with Crippen LogP contribution in [0.4, 0.5) is 10.6 Å². The molecule has 1 unspecified atom stereocenters. The van der Waals surface area contributed by atoms with E-state index in [0.29, 0.717) is 40.8 Å². The number of methoxy groups -OCH3 is 1. The predicted octanol–water partition coefficient (Wildman–Crippen LogP) is 3.25. The molecule has 146 valence electrons. The molecular weight excluding hydrogens is 362 g/mol. The van der Waals surface area contributed by atoms with Gasteiger partial charge in [0.05, 0.1) is 6.20 Å². The topological polar surface area (TPSA) is 111 Å². The highest BCUT2D eigenvalue weighted by atomic mass is 16.7. The first-order valence-corrected chi connectivity index (χ1v) is 9.12. The average molecular weight is 383 g/mol. The molecule has 1 aliphatic carbocycles. The number of hydrogen-bond acceptors (Lipinski definition) is 7. The second-order valence-corrected chi connectivity index (χ2v) is 6.39. The van der Waals surface area contributed by atoms with Gasteiger partial charge in [-0.2, -0.15) is 0 Å². The number of urea groups is 1. The summed E-state index contributed by atoms with van der Waals surface area (Å²) in [4.78, 5) is 25.2. The van der Waals surface area contributed by atoms with Crippen molar-refractivity contribution >= 4 is 23.0 Å². The molecule has 3 aromatic rings. The summed E-state index contributed by atoms with van der Waals surface area (Å²) in [5.74, 6) is 1.48. The maximum Gasteiger partial charge on any atom is 0.320 e. The van der Waals surface area contributed by atoms with Gasteiger partial charge in [-0.05, 0) is 44.0 Å². The highest BCUT2D eigenvalue weighted by Gasteiger charge is 2.23. The van der Waals surface area contributed by atoms with Crippen LogP contribution in [0, 0.1) is 0 Å². The second-order valence-electron chi connectivity index (χ2n) is 6.39. The zero-order valence-electron chi connectivity index (χ0n) is 15.6. The molecule has 3 heterocycles. The Balaban J connectivity index is 1.56. The van der Waals surface area contributed by atoms with E-state index in [2.05, 4.69) is 25.6 Å². The Morgan fingerprint density at radius 1 is 1.29 bits per heavy atom. The number of nitrogens with one attached hydrogen (secondary N) is 2. The van der Waals surface area contributed by atoms with E-state index in [4.69, 9.17) is 13.9 Å². The van der Waals surface area contributed by atoms with Crippen molar-refractivity contribution in [2.75, 3.05) is 19.0 Å². The van der Waals surface area contributed by atoms with Crippen LogP contribution in [-0.2, 0) is 9.47 Å². The Kier molecular flexibility index (Phi) is 5.18. The first-order valence-electron chi connectivity index (χ1n) is 9.12. The number of furan rings is 1. The van der Waals surface area contributed by atoms with Gasteiger partial charge in [-0.1, -0.05) is 0 Å². The minimum atomic E-state index is -0.578. The van der Waals surface area contributed by atoms with Gasteiger partial charge < -0.3 is 19.2 Å². The van der Waals surface area contributed by atoms with E-state index in [0.717, 1.165) is 12.8 Å². The fourth-order valence-electron chi connectivity index (χ4n) is 2.69. The number of nitrogens with zero attached hydrogens (tertiary/aromatic N) is 3. The number of rotatable bonds is 7. The second kappa shape index (κ2) is 7.91. The summed E-state index contributed by atoms with van der Waals surface area (Å²) in [6, 6.07) is 7.01. The quantitative estimate of drug-likeness (QED) is 0.602. The monoisotopic (exact) mass is 383 g/mol. The highest BCUT2D eigenvalue weighted by molar-refractivity contribution is 5.89. The van der Waals surface area contributed by atoms with E-state index in [9.17, 15) is 4.79 Å². The van der Waals surface area contributed by atoms with Crippen molar-refractivity contribution in [3.05, 3.63) is 36.2 Å². The van der Waals surface area contributed by atoms with Gasteiger partial charge >= 0.3 is 6.03 Å². The molecule has 1 fully saturated rings. The van der Waals surface area contributed by atoms with Gasteiger partial charge in [0.25, 0.3) is 0 Å². The number of hydrogen-bond donors (Lipinski definition) is 2. The number of amides is 2. The van der Waals surface area contributed by atoms with Crippen LogP contribution in [0.3, 0.4) is 0 Å². The normalized spacial score (nSPS) is 14.8. The molecule has 0 aliphatic heterocycles. The minimum absolute atomic E-state index is 0.268. The minimum Gasteiger partial charge on any atom is -0.454 e. The Hall–Kier alpha value is -3.04. The summed E-state index contributed by atoms with van der Waals surface area (Å²) < 4.78 is 16.6. The van der Waals surface area contributed by atoms with Gasteiger partial charge in [0, 0.05) is 19.8 Å². The van der Waals surface area contributed by atoms with Crippen molar-refractivity contribution in [2.45, 2.75) is 32.1 Å². The molecule has 2 amide bonds. The zero-order valence-corrected chi connectivity index (χ0v) is 15.6. The Morgan fingerprint density at radius 2 is 2.14 bits per heavy atom. The maximum atomic E-state index is 11.9. The first-order chi connectivity index (χ1) is 13.7. The van der Waals surface area contributed by atoms with Crippen LogP contribution in [0.5, 0.6) is 0 Å². The maximum absolute atomic E-state index is 11.9. The summed E-state index contributed by atoms with van der Waals surface area (Å²) >= 11 is 0. The standard InChI is InChI=1S/C19H21N5O4/c1-3-27-18(26-2)15-8-7-14(28-15)13-10-20-12-6-9-16(23-17(12)22-13)24-19(25)21-11-4-5-11/h6-11,18H,3-5H2,1-2H3,(H2,21,22,23,24,25). The lowest BCUT2D eigenvalue weighted by Crippen LogP contribution is -2.30. The lowest BCUT2D eigenvalue weighted by atomic mass is 10.3. The van der Waals surface area contributed by atoms with E-state index in [1.807, 2.05) is 6.92 Å². The number of pyridine rings is 1. The number of carbonyl (C=O) groups is 1. The van der Waals surface area contributed by atoms with Gasteiger partial charge in [0.2, 0.25) is 6.29 Å². The van der Waals surface area contributed by atoms with Crippen LogP contribution < -0.4 is 10.6 Å². The third-order valence-corrected chi connectivity index (χ3v) is 4.20. The van der Waals surface area contributed by atoms with E-state index in [-0.39, 0.29) is 12.1 Å². The number of carbonyl (C=O) groups excluding carboxylic acids is 1. The van der Waals surface area contributed by atoms with Crippen LogP contribution in [0.15, 0.2) is 34.9 Å². The zero-order chi connectivity index (χ0) is 19.5. The molecule has 1 aliphatic rings. The summed E-state index contributed by atoms with van der Waals surface area (Å²) in [5.41, 5.74) is 1.55. The lowest BCUT2D eigenvalue weighted by molar-refractivity contribution is -0.134. The molecular formula is C19H21N5O4. The fourth-order valence-corrected chi connectivity index (χ4v) is 2.69. The summed E-state index contributed by atoms with van der Waals surface area (Å²) in [6.45, 7) is 2.38. The molecule has 1 atom stereocenters. The van der Waals surface area contributed by atoms with Gasteiger partial charge in [-0.15, -0.1) is 0 Å². The fraction of sp³-hybridized carbons (Fsp3) is 0.368. The molecule has 0 bridgehead atoms. The van der Waals surface area contributed by atoms with Gasteiger partial charge in [0.15, 0.2) is 17.2 Å². The molecule has 2 N–H and O–H groups in total. The summed E-state index contributed by atoms with van der Waals surface area (Å²) in [7, 11) is 1.55. The molecule has 0 spiro atoms. The Labute approximate surface area is 161 Å². The van der Waals surface area contributed by atoms with Crippen LogP contribution >= 0.6 is 0 Å². The Morgan fingerprint density at radius 3 is 2.89 bits per heavy atom. The number of ether oxygens (including phenoxy) is 2. The van der Waals surface area contributed by atoms with Gasteiger partial charge in [-0.3, -0.25) is 10.3 Å². The van der Waals surface area contributed by atoms with Crippen LogP contribution in [0.2, 0.25) is 0 Å². The largest absolute Gasteiger partial charge is 0.454 e. The number of fused-ring (bicyclic) bond motifs is 1. The number of aromatic nitrogens is 3. The number of anilines is 1. The summed E-state index contributed by atoms with van der Waals surface area (Å²) in [6.07, 6.45) is 3.07. The molecule has 1 saturated carbocycles. The molecule has 4 rings (SSSR count). The lowest BCUT2D eigenvalue weighted by Gasteiger charge is -2.11. The van der Waals surface area contributed by atoms with Crippen molar-refractivity contribution in [2.24, 2.45) is 0 Å². The third-order valence-electron chi connectivity index (χ3n) is 4.20. The van der Waals surface area contributed by atoms with Crippen LogP contribution in [-0.4, -0.2) is 40.7 Å². The first kappa shape index (κ1) is 18.3. The van der Waals surface area contributed by atoms with E-state index >= 15 is 0 Å². The molecule has 0 saturated heterocycles. The molecule has 0 radical (unpaired) electrons. The SMILES string of the molecule is CCOC(OC)c1ccc(-c2cnc3ccc(NC(=O)NC4CC4)nc3n2)o1. The molecule has 9 nitrogen and oxygen atoms in total. The van der Waals surface area contributed by atoms with Crippen molar-refractivity contribution < 1.29 is 18.7 Å². The van der Waals surface area contributed by atoms with Crippen molar-refractivity contribution in [3.63, 3.8) is 0 Å². The highest BCUT2D eigenvalue weighted by Crippen LogP contribution is 2.27. The van der Waals surface area contributed by atoms with Crippen molar-refractivity contribution in [1.29, 1.82) is 0 Å². The summed E-state index contributed by atoms with van der Waals surface area (Å²) in [5, 5.41) is 5.57. The van der Waals surface area contributed by atoms with Gasteiger partial charge in [0.1, 0.15) is 17.0 Å². The Bertz CT molecular complexity index is 985. The van der Waals surface area contributed by atoms with Crippen molar-refractivity contribution in [1.82, 2.24) is 20.3 Å². The molecule has 0 aromatic carbocycles. The van der Waals surface area contributed by atoms with E-state index in [1.54, 1.807) is 37.6 Å². The van der Waals surface area contributed by atoms with Crippen LogP contribution in [0.1, 0.15) is 31.8 Å².